The number of anilines is 2. The number of amides is 2. The van der Waals surface area contributed by atoms with Crippen molar-refractivity contribution in [3.05, 3.63) is 81.0 Å². The van der Waals surface area contributed by atoms with Crippen LogP contribution in [-0.4, -0.2) is 33.9 Å². The summed E-state index contributed by atoms with van der Waals surface area (Å²) in [7, 11) is 0. The third-order valence-corrected chi connectivity index (χ3v) is 8.14. The van der Waals surface area contributed by atoms with Crippen LogP contribution in [0.5, 0.6) is 0 Å². The third kappa shape index (κ3) is 5.44. The first-order valence-electron chi connectivity index (χ1n) is 12.6. The average Bonchev–Trinajstić information content (AvgIpc) is 3.27. The third-order valence-electron chi connectivity index (χ3n) is 6.98. The number of nitrogens with zero attached hydrogens (tertiary/aromatic N) is 2. The zero-order valence-corrected chi connectivity index (χ0v) is 23.5. The summed E-state index contributed by atoms with van der Waals surface area (Å²) in [5.41, 5.74) is 3.02. The molecular formula is C28H29Cl2N5O2S. The first-order chi connectivity index (χ1) is 18.4. The molecule has 2 aromatic carbocycles. The Morgan fingerprint density at radius 1 is 1.03 bits per heavy atom. The molecule has 1 aliphatic heterocycles. The molecule has 3 aromatic rings. The van der Waals surface area contributed by atoms with Crippen molar-refractivity contribution in [1.82, 2.24) is 15.1 Å². The minimum atomic E-state index is -0.579. The summed E-state index contributed by atoms with van der Waals surface area (Å²) in [6.07, 6.45) is 7.32. The zero-order valence-electron chi connectivity index (χ0n) is 21.2. The van der Waals surface area contributed by atoms with Gasteiger partial charge in [-0.2, -0.15) is 5.10 Å². The van der Waals surface area contributed by atoms with Crippen LogP contribution in [0.15, 0.2) is 64.8 Å². The summed E-state index contributed by atoms with van der Waals surface area (Å²) >= 11 is 13.7. The molecule has 2 heterocycles. The number of aromatic nitrogens is 2. The van der Waals surface area contributed by atoms with E-state index in [4.69, 9.17) is 28.3 Å². The fraction of sp³-hybridized carbons (Fsp3) is 0.321. The molecule has 1 aromatic heterocycles. The highest BCUT2D eigenvalue weighted by Crippen LogP contribution is 2.41. The summed E-state index contributed by atoms with van der Waals surface area (Å²) < 4.78 is 1.74. The second-order valence-corrected chi connectivity index (χ2v) is 11.2. The quantitative estimate of drug-likeness (QED) is 0.281. The normalized spacial score (nSPS) is 17.5. The Bertz CT molecular complexity index is 1400. The van der Waals surface area contributed by atoms with E-state index in [0.29, 0.717) is 43.4 Å². The molecule has 1 saturated carbocycles. The number of rotatable bonds is 6. The Morgan fingerprint density at radius 3 is 2.45 bits per heavy atom. The molecule has 0 saturated heterocycles. The Balaban J connectivity index is 1.57. The van der Waals surface area contributed by atoms with Crippen LogP contribution in [-0.2, 0) is 4.79 Å². The molecule has 7 nitrogen and oxygen atoms in total. The molecule has 198 valence electrons. The molecule has 10 heteroatoms. The van der Waals surface area contributed by atoms with Crippen LogP contribution in [0.2, 0.25) is 10.0 Å². The number of fused-ring (bicyclic) bond motifs is 1. The highest BCUT2D eigenvalue weighted by atomic mass is 35.5. The molecule has 0 spiro atoms. The number of hydrogen-bond donors (Lipinski definition) is 3. The van der Waals surface area contributed by atoms with Crippen molar-refractivity contribution < 1.29 is 9.59 Å². The number of benzene rings is 2. The van der Waals surface area contributed by atoms with Gasteiger partial charge in [0.1, 0.15) is 22.4 Å². The lowest BCUT2D eigenvalue weighted by molar-refractivity contribution is -0.113. The minimum Gasteiger partial charge on any atom is -0.349 e. The van der Waals surface area contributed by atoms with Crippen LogP contribution >= 0.6 is 35.0 Å². The fourth-order valence-electron chi connectivity index (χ4n) is 5.16. The van der Waals surface area contributed by atoms with E-state index in [1.165, 1.54) is 18.2 Å². The molecule has 5 rings (SSSR count). The zero-order chi connectivity index (χ0) is 26.8. The fourth-order valence-corrected chi connectivity index (χ4v) is 6.04. The van der Waals surface area contributed by atoms with Crippen molar-refractivity contribution in [3.8, 4) is 0 Å². The van der Waals surface area contributed by atoms with E-state index in [0.717, 1.165) is 31.2 Å². The number of carbonyl (C=O) groups is 2. The summed E-state index contributed by atoms with van der Waals surface area (Å²) in [4.78, 5) is 27.3. The maximum absolute atomic E-state index is 13.7. The van der Waals surface area contributed by atoms with Gasteiger partial charge in [0, 0.05) is 27.5 Å². The predicted octanol–water partition coefficient (Wildman–Crippen LogP) is 6.90. The van der Waals surface area contributed by atoms with Crippen LogP contribution in [0.1, 0.15) is 61.0 Å². The van der Waals surface area contributed by atoms with E-state index < -0.39 is 6.04 Å². The van der Waals surface area contributed by atoms with Gasteiger partial charge < -0.3 is 16.0 Å². The Morgan fingerprint density at radius 2 is 1.76 bits per heavy atom. The molecule has 1 unspecified atom stereocenters. The highest BCUT2D eigenvalue weighted by Gasteiger charge is 2.37. The summed E-state index contributed by atoms with van der Waals surface area (Å²) in [6.45, 7) is 1.84. The molecule has 1 atom stereocenters. The molecule has 0 radical (unpaired) electrons. The van der Waals surface area contributed by atoms with E-state index in [-0.39, 0.29) is 17.9 Å². The number of halogens is 2. The lowest BCUT2D eigenvalue weighted by atomic mass is 9.94. The van der Waals surface area contributed by atoms with Crippen LogP contribution in [0.25, 0.3) is 0 Å². The Labute approximate surface area is 236 Å². The number of nitrogens with one attached hydrogen (secondary N) is 3. The lowest BCUT2D eigenvalue weighted by Gasteiger charge is -2.30. The van der Waals surface area contributed by atoms with Crippen LogP contribution in [0.4, 0.5) is 11.5 Å². The Kier molecular flexibility index (Phi) is 8.02. The maximum atomic E-state index is 13.7. The van der Waals surface area contributed by atoms with E-state index in [1.54, 1.807) is 41.1 Å². The van der Waals surface area contributed by atoms with Crippen LogP contribution in [0, 0.1) is 0 Å². The topological polar surface area (TPSA) is 88.1 Å². The number of thioether (sulfide) groups is 1. The lowest BCUT2D eigenvalue weighted by Crippen LogP contribution is -2.37. The summed E-state index contributed by atoms with van der Waals surface area (Å²) in [5.74, 6) is 0.126. The van der Waals surface area contributed by atoms with Gasteiger partial charge in [-0.1, -0.05) is 60.7 Å². The van der Waals surface area contributed by atoms with Crippen molar-refractivity contribution in [2.24, 2.45) is 0 Å². The van der Waals surface area contributed by atoms with Gasteiger partial charge in [-0.3, -0.25) is 9.59 Å². The van der Waals surface area contributed by atoms with E-state index in [9.17, 15) is 9.59 Å². The molecule has 1 aliphatic carbocycles. The molecular weight excluding hydrogens is 541 g/mol. The van der Waals surface area contributed by atoms with Gasteiger partial charge in [0.2, 0.25) is 0 Å². The number of hydrogen-bond acceptors (Lipinski definition) is 5. The van der Waals surface area contributed by atoms with Crippen molar-refractivity contribution in [2.75, 3.05) is 16.9 Å². The molecule has 3 N–H and O–H groups in total. The van der Waals surface area contributed by atoms with E-state index >= 15 is 0 Å². The van der Waals surface area contributed by atoms with E-state index in [2.05, 4.69) is 16.0 Å². The smallest absolute Gasteiger partial charge is 0.258 e. The van der Waals surface area contributed by atoms with Gasteiger partial charge >= 0.3 is 0 Å². The molecule has 2 amide bonds. The van der Waals surface area contributed by atoms with Crippen LogP contribution in [0.3, 0.4) is 0 Å². The van der Waals surface area contributed by atoms with Crippen molar-refractivity contribution in [2.45, 2.75) is 56.1 Å². The van der Waals surface area contributed by atoms with Gasteiger partial charge in [0.05, 0.1) is 5.57 Å². The van der Waals surface area contributed by atoms with Crippen molar-refractivity contribution >= 4 is 58.3 Å². The van der Waals surface area contributed by atoms with Gasteiger partial charge in [-0.25, -0.2) is 4.68 Å². The highest BCUT2D eigenvalue weighted by molar-refractivity contribution is 7.98. The first-order valence-corrected chi connectivity index (χ1v) is 14.6. The van der Waals surface area contributed by atoms with Crippen LogP contribution < -0.4 is 16.0 Å². The number of allylic oxidation sites excluding steroid dienone is 1. The van der Waals surface area contributed by atoms with Gasteiger partial charge in [0.15, 0.2) is 0 Å². The molecule has 2 aliphatic rings. The second kappa shape index (κ2) is 11.4. The van der Waals surface area contributed by atoms with Gasteiger partial charge in [0.25, 0.3) is 11.8 Å². The monoisotopic (exact) mass is 569 g/mol. The average molecular weight is 571 g/mol. The van der Waals surface area contributed by atoms with Gasteiger partial charge in [-0.05, 0) is 61.9 Å². The second-order valence-electron chi connectivity index (χ2n) is 9.57. The molecule has 0 bridgehead atoms. The summed E-state index contributed by atoms with van der Waals surface area (Å²) in [5, 5.41) is 16.1. The minimum absolute atomic E-state index is 0.149. The van der Waals surface area contributed by atoms with Crippen molar-refractivity contribution in [3.63, 3.8) is 0 Å². The predicted molar refractivity (Wildman–Crippen MR) is 154 cm³/mol. The summed E-state index contributed by atoms with van der Waals surface area (Å²) in [6, 6.07) is 13.9. The maximum Gasteiger partial charge on any atom is 0.258 e. The molecule has 1 fully saturated rings. The standard InChI is InChI=1S/C28H29Cl2N5O2S/c1-16-22(26(36)33-21-10-6-7-19(30)15-21)24(17-11-13-18(29)14-12-17)35-25(31-16)23(28(34-35)38-2)27(37)32-20-8-4-3-5-9-20/h6-7,10-15,20,24,31H,3-5,8-9H2,1-2H3,(H,32,37)(H,33,36). The largest absolute Gasteiger partial charge is 0.349 e. The SMILES string of the molecule is CSc1nn2c(c1C(=O)NC1CCCCC1)NC(C)=C(C(=O)Nc1cccc(Cl)c1)C2c1ccc(Cl)cc1. The molecule has 38 heavy (non-hydrogen) atoms. The first kappa shape index (κ1) is 26.7. The Hall–Kier alpha value is -2.94. The van der Waals surface area contributed by atoms with Crippen molar-refractivity contribution in [1.29, 1.82) is 0 Å². The number of carbonyl (C=O) groups excluding carboxylic acids is 2. The van der Waals surface area contributed by atoms with Gasteiger partial charge in [-0.15, -0.1) is 11.8 Å². The van der Waals surface area contributed by atoms with E-state index in [1.807, 2.05) is 25.3 Å².